The van der Waals surface area contributed by atoms with Crippen molar-refractivity contribution in [2.75, 3.05) is 19.6 Å². The molecule has 0 radical (unpaired) electrons. The Morgan fingerprint density at radius 1 is 1.73 bits per heavy atom. The molecule has 1 rings (SSSR count). The molecule has 0 saturated carbocycles. The standard InChI is InChI=1S/C11H21N3O/c1-3-6-13-11(15)14-7-4-5-9(2)10(14)8-12/h3,9-10H,1,4-8,12H2,2H3,(H,13,15). The van der Waals surface area contributed by atoms with Crippen molar-refractivity contribution in [2.24, 2.45) is 11.7 Å². The average molecular weight is 211 g/mol. The first-order valence-electron chi connectivity index (χ1n) is 5.56. The van der Waals surface area contributed by atoms with Crippen LogP contribution in [-0.2, 0) is 0 Å². The molecule has 2 unspecified atom stereocenters. The van der Waals surface area contributed by atoms with Gasteiger partial charge in [-0.15, -0.1) is 6.58 Å². The normalized spacial score (nSPS) is 26.1. The van der Waals surface area contributed by atoms with E-state index in [1.54, 1.807) is 6.08 Å². The van der Waals surface area contributed by atoms with Gasteiger partial charge in [-0.3, -0.25) is 0 Å². The van der Waals surface area contributed by atoms with E-state index in [9.17, 15) is 4.79 Å². The molecule has 0 bridgehead atoms. The minimum atomic E-state index is -0.0168. The Hall–Kier alpha value is -1.03. The first kappa shape index (κ1) is 12.0. The van der Waals surface area contributed by atoms with Crippen LogP contribution in [0.5, 0.6) is 0 Å². The number of hydrogen-bond acceptors (Lipinski definition) is 2. The van der Waals surface area contributed by atoms with Gasteiger partial charge in [0.05, 0.1) is 0 Å². The SMILES string of the molecule is C=CCNC(=O)N1CCCC(C)C1CN. The maximum Gasteiger partial charge on any atom is 0.317 e. The number of carbonyl (C=O) groups is 1. The number of amides is 2. The van der Waals surface area contributed by atoms with Gasteiger partial charge in [0.2, 0.25) is 0 Å². The van der Waals surface area contributed by atoms with Crippen molar-refractivity contribution < 1.29 is 4.79 Å². The molecule has 3 N–H and O–H groups in total. The number of hydrogen-bond donors (Lipinski definition) is 2. The molecule has 86 valence electrons. The van der Waals surface area contributed by atoms with Crippen LogP contribution in [0.15, 0.2) is 12.7 Å². The van der Waals surface area contributed by atoms with E-state index in [1.807, 2.05) is 4.90 Å². The summed E-state index contributed by atoms with van der Waals surface area (Å²) in [7, 11) is 0. The minimum Gasteiger partial charge on any atom is -0.335 e. The van der Waals surface area contributed by atoms with Gasteiger partial charge in [0, 0.05) is 25.7 Å². The molecule has 0 aromatic rings. The molecule has 0 aromatic heterocycles. The predicted octanol–water partition coefficient (Wildman–Crippen LogP) is 0.941. The minimum absolute atomic E-state index is 0.0168. The largest absolute Gasteiger partial charge is 0.335 e. The Kier molecular flexibility index (Phi) is 4.62. The van der Waals surface area contributed by atoms with Gasteiger partial charge in [-0.2, -0.15) is 0 Å². The highest BCUT2D eigenvalue weighted by atomic mass is 16.2. The Balaban J connectivity index is 2.56. The lowest BCUT2D eigenvalue weighted by Crippen LogP contribution is -2.54. The number of nitrogens with zero attached hydrogens (tertiary/aromatic N) is 1. The molecular weight excluding hydrogens is 190 g/mol. The summed E-state index contributed by atoms with van der Waals surface area (Å²) in [4.78, 5) is 13.6. The maximum absolute atomic E-state index is 11.8. The summed E-state index contributed by atoms with van der Waals surface area (Å²) in [5.41, 5.74) is 5.71. The van der Waals surface area contributed by atoms with Crippen molar-refractivity contribution in [3.8, 4) is 0 Å². The van der Waals surface area contributed by atoms with Crippen LogP contribution in [0.2, 0.25) is 0 Å². The molecule has 4 heteroatoms. The number of nitrogens with one attached hydrogen (secondary N) is 1. The van der Waals surface area contributed by atoms with Crippen LogP contribution in [0.3, 0.4) is 0 Å². The molecule has 0 aromatic carbocycles. The number of likely N-dealkylation sites (tertiary alicyclic amines) is 1. The molecule has 1 fully saturated rings. The van der Waals surface area contributed by atoms with E-state index >= 15 is 0 Å². The van der Waals surface area contributed by atoms with E-state index < -0.39 is 0 Å². The molecule has 1 saturated heterocycles. The number of rotatable bonds is 3. The second-order valence-electron chi connectivity index (χ2n) is 4.09. The first-order chi connectivity index (χ1) is 7.20. The fraction of sp³-hybridized carbons (Fsp3) is 0.727. The van der Waals surface area contributed by atoms with Gasteiger partial charge in [0.25, 0.3) is 0 Å². The van der Waals surface area contributed by atoms with E-state index in [1.165, 1.54) is 0 Å². The third-order valence-electron chi connectivity index (χ3n) is 3.02. The first-order valence-corrected chi connectivity index (χ1v) is 5.56. The molecule has 0 aliphatic carbocycles. The molecule has 4 nitrogen and oxygen atoms in total. The molecule has 0 spiro atoms. The highest BCUT2D eigenvalue weighted by Crippen LogP contribution is 2.22. The van der Waals surface area contributed by atoms with Crippen LogP contribution in [0, 0.1) is 5.92 Å². The summed E-state index contributed by atoms with van der Waals surface area (Å²) in [6, 6.07) is 0.167. The van der Waals surface area contributed by atoms with Gasteiger partial charge < -0.3 is 16.0 Å². The number of urea groups is 1. The molecule has 2 atom stereocenters. The van der Waals surface area contributed by atoms with Crippen LogP contribution >= 0.6 is 0 Å². The Bertz CT molecular complexity index is 230. The lowest BCUT2D eigenvalue weighted by Gasteiger charge is -2.39. The molecule has 1 heterocycles. The molecule has 2 amide bonds. The van der Waals surface area contributed by atoms with Gasteiger partial charge in [-0.25, -0.2) is 4.79 Å². The Morgan fingerprint density at radius 2 is 2.47 bits per heavy atom. The molecular formula is C11H21N3O. The third-order valence-corrected chi connectivity index (χ3v) is 3.02. The third kappa shape index (κ3) is 2.96. The maximum atomic E-state index is 11.8. The van der Waals surface area contributed by atoms with Gasteiger partial charge in [0.15, 0.2) is 0 Å². The summed E-state index contributed by atoms with van der Waals surface area (Å²) in [5, 5.41) is 2.80. The predicted molar refractivity (Wildman–Crippen MR) is 61.5 cm³/mol. The highest BCUT2D eigenvalue weighted by molar-refractivity contribution is 5.74. The van der Waals surface area contributed by atoms with E-state index in [-0.39, 0.29) is 12.1 Å². The second kappa shape index (κ2) is 5.75. The van der Waals surface area contributed by atoms with Crippen LogP contribution in [0.4, 0.5) is 4.79 Å². The number of nitrogens with two attached hydrogens (primary N) is 1. The lowest BCUT2D eigenvalue weighted by molar-refractivity contribution is 0.124. The zero-order valence-electron chi connectivity index (χ0n) is 9.41. The molecule has 1 aliphatic rings. The fourth-order valence-electron chi connectivity index (χ4n) is 2.12. The van der Waals surface area contributed by atoms with E-state index in [0.29, 0.717) is 19.0 Å². The Morgan fingerprint density at radius 3 is 3.07 bits per heavy atom. The van der Waals surface area contributed by atoms with Gasteiger partial charge in [-0.1, -0.05) is 13.0 Å². The summed E-state index contributed by atoms with van der Waals surface area (Å²) in [5.74, 6) is 0.498. The number of piperidine rings is 1. The summed E-state index contributed by atoms with van der Waals surface area (Å²) in [6.45, 7) is 7.61. The van der Waals surface area contributed by atoms with E-state index in [4.69, 9.17) is 5.73 Å². The second-order valence-corrected chi connectivity index (χ2v) is 4.09. The number of carbonyl (C=O) groups excluding carboxylic acids is 1. The van der Waals surface area contributed by atoms with E-state index in [0.717, 1.165) is 19.4 Å². The zero-order valence-corrected chi connectivity index (χ0v) is 9.41. The van der Waals surface area contributed by atoms with Crippen molar-refractivity contribution >= 4 is 6.03 Å². The van der Waals surface area contributed by atoms with Crippen molar-refractivity contribution in [2.45, 2.75) is 25.8 Å². The van der Waals surface area contributed by atoms with E-state index in [2.05, 4.69) is 18.8 Å². The molecule has 15 heavy (non-hydrogen) atoms. The zero-order chi connectivity index (χ0) is 11.3. The van der Waals surface area contributed by atoms with Crippen LogP contribution < -0.4 is 11.1 Å². The van der Waals surface area contributed by atoms with Crippen molar-refractivity contribution in [1.29, 1.82) is 0 Å². The van der Waals surface area contributed by atoms with Gasteiger partial charge >= 0.3 is 6.03 Å². The fourth-order valence-corrected chi connectivity index (χ4v) is 2.12. The van der Waals surface area contributed by atoms with Crippen molar-refractivity contribution in [3.05, 3.63) is 12.7 Å². The Labute approximate surface area is 91.5 Å². The highest BCUT2D eigenvalue weighted by Gasteiger charge is 2.30. The topological polar surface area (TPSA) is 58.4 Å². The monoisotopic (exact) mass is 211 g/mol. The van der Waals surface area contributed by atoms with Crippen molar-refractivity contribution in [3.63, 3.8) is 0 Å². The van der Waals surface area contributed by atoms with Gasteiger partial charge in [-0.05, 0) is 18.8 Å². The molecule has 1 aliphatic heterocycles. The van der Waals surface area contributed by atoms with Crippen LogP contribution in [0.1, 0.15) is 19.8 Å². The quantitative estimate of drug-likeness (QED) is 0.683. The van der Waals surface area contributed by atoms with Crippen molar-refractivity contribution in [1.82, 2.24) is 10.2 Å². The summed E-state index contributed by atoms with van der Waals surface area (Å²) in [6.07, 6.45) is 3.91. The lowest BCUT2D eigenvalue weighted by atomic mass is 9.91. The summed E-state index contributed by atoms with van der Waals surface area (Å²) < 4.78 is 0. The smallest absolute Gasteiger partial charge is 0.317 e. The van der Waals surface area contributed by atoms with Crippen LogP contribution in [-0.4, -0.2) is 36.6 Å². The summed E-state index contributed by atoms with van der Waals surface area (Å²) >= 11 is 0. The van der Waals surface area contributed by atoms with Gasteiger partial charge in [0.1, 0.15) is 0 Å². The average Bonchev–Trinajstić information content (AvgIpc) is 2.25. The van der Waals surface area contributed by atoms with Crippen LogP contribution in [0.25, 0.3) is 0 Å².